The molecule has 1 aliphatic heterocycles. The number of carbonyl (C=O) groups excluding carboxylic acids is 1. The van der Waals surface area contributed by atoms with Gasteiger partial charge in [0.2, 0.25) is 15.9 Å². The van der Waals surface area contributed by atoms with Crippen molar-refractivity contribution in [2.75, 3.05) is 24.2 Å². The van der Waals surface area contributed by atoms with Crippen molar-refractivity contribution >= 4 is 27.3 Å². The smallest absolute Gasteiger partial charge is 0.274 e. The van der Waals surface area contributed by atoms with Crippen LogP contribution in [-0.2, 0) is 21.2 Å². The number of hydrogen-bond donors (Lipinski definition) is 1. The van der Waals surface area contributed by atoms with Gasteiger partial charge in [0.05, 0.1) is 27.8 Å². The monoisotopic (exact) mass is 445 g/mol. The van der Waals surface area contributed by atoms with E-state index in [4.69, 9.17) is 0 Å². The lowest BCUT2D eigenvalue weighted by Gasteiger charge is -2.31. The van der Waals surface area contributed by atoms with E-state index in [9.17, 15) is 23.3 Å². The maximum absolute atomic E-state index is 12.8. The summed E-state index contributed by atoms with van der Waals surface area (Å²) >= 11 is 0. The summed E-state index contributed by atoms with van der Waals surface area (Å²) < 4.78 is 27.0. The Morgan fingerprint density at radius 2 is 1.94 bits per heavy atom. The fraction of sp³-hybridized carbons (Fsp3) is 0.409. The van der Waals surface area contributed by atoms with Crippen molar-refractivity contribution < 1.29 is 18.1 Å². The average Bonchev–Trinajstić information content (AvgIpc) is 2.75. The summed E-state index contributed by atoms with van der Waals surface area (Å²) in [5.74, 6) is -0.760. The highest BCUT2D eigenvalue weighted by Crippen LogP contribution is 2.27. The van der Waals surface area contributed by atoms with Crippen molar-refractivity contribution in [3.8, 4) is 0 Å². The number of benzene rings is 2. The zero-order chi connectivity index (χ0) is 22.4. The number of rotatable bonds is 8. The molecule has 0 bridgehead atoms. The maximum atomic E-state index is 12.8. The van der Waals surface area contributed by atoms with Gasteiger partial charge in [-0.15, -0.1) is 0 Å². The maximum Gasteiger partial charge on any atom is 0.274 e. The second-order valence-electron chi connectivity index (χ2n) is 7.80. The Labute approximate surface area is 182 Å². The van der Waals surface area contributed by atoms with Crippen molar-refractivity contribution in [1.82, 2.24) is 4.31 Å². The number of sulfonamides is 1. The zero-order valence-electron chi connectivity index (χ0n) is 17.5. The SMILES string of the molecule is Cc1c(NC(=O)[C@H]2CCCN(S(=O)(=O)CCCc3ccccc3)C2)cccc1[N+](=O)[O-]. The first-order chi connectivity index (χ1) is 14.8. The van der Waals surface area contributed by atoms with Crippen LogP contribution in [0, 0.1) is 23.0 Å². The van der Waals surface area contributed by atoms with Crippen LogP contribution in [0.3, 0.4) is 0 Å². The number of nitro benzene ring substituents is 1. The van der Waals surface area contributed by atoms with Crippen LogP contribution >= 0.6 is 0 Å². The molecule has 8 nitrogen and oxygen atoms in total. The largest absolute Gasteiger partial charge is 0.325 e. The molecule has 3 rings (SSSR count). The summed E-state index contributed by atoms with van der Waals surface area (Å²) in [5, 5.41) is 13.9. The molecule has 31 heavy (non-hydrogen) atoms. The number of amides is 1. The fourth-order valence-corrected chi connectivity index (χ4v) is 5.41. The van der Waals surface area contributed by atoms with Crippen LogP contribution in [0.5, 0.6) is 0 Å². The summed E-state index contributed by atoms with van der Waals surface area (Å²) in [6.07, 6.45) is 2.39. The molecule has 1 saturated heterocycles. The Bertz CT molecular complexity index is 1040. The predicted molar refractivity (Wildman–Crippen MR) is 119 cm³/mol. The minimum atomic E-state index is -3.45. The Morgan fingerprint density at radius 3 is 2.65 bits per heavy atom. The third kappa shape index (κ3) is 5.89. The molecule has 1 heterocycles. The fourth-order valence-electron chi connectivity index (χ4n) is 3.83. The first-order valence-corrected chi connectivity index (χ1v) is 12.0. The molecule has 0 aliphatic carbocycles. The van der Waals surface area contributed by atoms with Crippen LogP contribution in [-0.4, -0.2) is 42.4 Å². The third-order valence-electron chi connectivity index (χ3n) is 5.62. The normalized spacial score (nSPS) is 17.3. The van der Waals surface area contributed by atoms with Gasteiger partial charge in [-0.05, 0) is 44.2 Å². The molecule has 2 aromatic rings. The topological polar surface area (TPSA) is 110 Å². The lowest BCUT2D eigenvalue weighted by Crippen LogP contribution is -2.44. The molecule has 1 aliphatic rings. The van der Waals surface area contributed by atoms with E-state index in [1.165, 1.54) is 16.4 Å². The molecule has 2 aromatic carbocycles. The van der Waals surface area contributed by atoms with Crippen LogP contribution in [0.2, 0.25) is 0 Å². The van der Waals surface area contributed by atoms with Gasteiger partial charge in [-0.2, -0.15) is 0 Å². The number of carbonyl (C=O) groups is 1. The lowest BCUT2D eigenvalue weighted by atomic mass is 9.98. The Balaban J connectivity index is 1.60. The second kappa shape index (κ2) is 10.0. The molecule has 166 valence electrons. The number of nitro groups is 1. The molecule has 1 atom stereocenters. The molecule has 0 saturated carbocycles. The van der Waals surface area contributed by atoms with E-state index in [0.717, 1.165) is 5.56 Å². The third-order valence-corrected chi connectivity index (χ3v) is 7.54. The minimum absolute atomic E-state index is 0.0419. The van der Waals surface area contributed by atoms with Crippen molar-refractivity contribution in [3.05, 3.63) is 69.8 Å². The second-order valence-corrected chi connectivity index (χ2v) is 9.89. The van der Waals surface area contributed by atoms with Gasteiger partial charge >= 0.3 is 0 Å². The predicted octanol–water partition coefficient (Wildman–Crippen LogP) is 3.52. The van der Waals surface area contributed by atoms with E-state index in [1.54, 1.807) is 13.0 Å². The van der Waals surface area contributed by atoms with Gasteiger partial charge in [0.15, 0.2) is 0 Å². The molecule has 1 amide bonds. The van der Waals surface area contributed by atoms with Gasteiger partial charge in [-0.3, -0.25) is 14.9 Å². The number of nitrogens with zero attached hydrogens (tertiary/aromatic N) is 2. The van der Waals surface area contributed by atoms with Crippen molar-refractivity contribution in [2.45, 2.75) is 32.6 Å². The summed E-state index contributed by atoms with van der Waals surface area (Å²) in [6.45, 7) is 2.12. The van der Waals surface area contributed by atoms with Crippen molar-refractivity contribution in [1.29, 1.82) is 0 Å². The molecular formula is C22H27N3O5S. The van der Waals surface area contributed by atoms with E-state index in [0.29, 0.717) is 43.5 Å². The quantitative estimate of drug-likeness (QED) is 0.494. The average molecular weight is 446 g/mol. The van der Waals surface area contributed by atoms with Gasteiger partial charge in [0, 0.05) is 19.2 Å². The van der Waals surface area contributed by atoms with Crippen LogP contribution < -0.4 is 5.32 Å². The van der Waals surface area contributed by atoms with Crippen molar-refractivity contribution in [2.24, 2.45) is 5.92 Å². The Hall–Kier alpha value is -2.78. The van der Waals surface area contributed by atoms with Crippen LogP contribution in [0.1, 0.15) is 30.4 Å². The lowest BCUT2D eigenvalue weighted by molar-refractivity contribution is -0.385. The number of anilines is 1. The molecule has 0 radical (unpaired) electrons. The molecule has 0 spiro atoms. The number of aryl methyl sites for hydroxylation is 1. The van der Waals surface area contributed by atoms with Gasteiger partial charge in [-0.1, -0.05) is 36.4 Å². The van der Waals surface area contributed by atoms with E-state index in [2.05, 4.69) is 5.32 Å². The summed E-state index contributed by atoms with van der Waals surface area (Å²) in [6, 6.07) is 14.3. The van der Waals surface area contributed by atoms with Crippen LogP contribution in [0.15, 0.2) is 48.5 Å². The summed E-state index contributed by atoms with van der Waals surface area (Å²) in [4.78, 5) is 23.4. The molecule has 1 N–H and O–H groups in total. The molecule has 9 heteroatoms. The highest BCUT2D eigenvalue weighted by atomic mass is 32.2. The number of piperidine rings is 1. The van der Waals surface area contributed by atoms with Gasteiger partial charge in [-0.25, -0.2) is 12.7 Å². The molecule has 0 unspecified atom stereocenters. The Kier molecular flexibility index (Phi) is 7.40. The minimum Gasteiger partial charge on any atom is -0.325 e. The molecule has 0 aromatic heterocycles. The van der Waals surface area contributed by atoms with Gasteiger partial charge in [0.1, 0.15) is 0 Å². The van der Waals surface area contributed by atoms with Gasteiger partial charge < -0.3 is 5.32 Å². The van der Waals surface area contributed by atoms with E-state index >= 15 is 0 Å². The van der Waals surface area contributed by atoms with Crippen LogP contribution in [0.25, 0.3) is 0 Å². The molecule has 1 fully saturated rings. The van der Waals surface area contributed by atoms with Gasteiger partial charge in [0.25, 0.3) is 5.69 Å². The summed E-state index contributed by atoms with van der Waals surface area (Å²) in [5.41, 5.74) is 1.79. The summed E-state index contributed by atoms with van der Waals surface area (Å²) in [7, 11) is -3.45. The van der Waals surface area contributed by atoms with E-state index in [1.807, 2.05) is 30.3 Å². The first kappa shape index (κ1) is 22.9. The van der Waals surface area contributed by atoms with Crippen molar-refractivity contribution in [3.63, 3.8) is 0 Å². The van der Waals surface area contributed by atoms with E-state index < -0.39 is 20.9 Å². The first-order valence-electron chi connectivity index (χ1n) is 10.3. The van der Waals surface area contributed by atoms with Crippen LogP contribution in [0.4, 0.5) is 11.4 Å². The standard InChI is InChI=1S/C22H27N3O5S/c1-17-20(12-5-13-21(17)25(27)28)23-22(26)19-11-6-14-24(16-19)31(29,30)15-7-10-18-8-3-2-4-9-18/h2-5,8-9,12-13,19H,6-7,10-11,14-16H2,1H3,(H,23,26)/t19-/m0/s1. The zero-order valence-corrected chi connectivity index (χ0v) is 18.3. The molecular weight excluding hydrogens is 418 g/mol. The number of hydrogen-bond acceptors (Lipinski definition) is 5. The number of nitrogens with one attached hydrogen (secondary N) is 1. The highest BCUT2D eigenvalue weighted by molar-refractivity contribution is 7.89. The highest BCUT2D eigenvalue weighted by Gasteiger charge is 2.32. The van der Waals surface area contributed by atoms with E-state index in [-0.39, 0.29) is 23.9 Å². The Morgan fingerprint density at radius 1 is 1.19 bits per heavy atom.